The van der Waals surface area contributed by atoms with Crippen LogP contribution in [-0.2, 0) is 4.79 Å². The van der Waals surface area contributed by atoms with Gasteiger partial charge in [-0.2, -0.15) is 0 Å². The van der Waals surface area contributed by atoms with Gasteiger partial charge >= 0.3 is 0 Å². The van der Waals surface area contributed by atoms with Crippen LogP contribution in [0, 0.1) is 5.92 Å². The third kappa shape index (κ3) is 2.92. The normalized spacial score (nSPS) is 29.5. The van der Waals surface area contributed by atoms with Gasteiger partial charge < -0.3 is 11.1 Å². The molecule has 0 spiro atoms. The Morgan fingerprint density at radius 2 is 2.07 bits per heavy atom. The van der Waals surface area contributed by atoms with Crippen LogP contribution in [0.2, 0.25) is 0 Å². The van der Waals surface area contributed by atoms with Crippen molar-refractivity contribution < 1.29 is 4.79 Å². The summed E-state index contributed by atoms with van der Waals surface area (Å²) < 4.78 is 0. The lowest BCUT2D eigenvalue weighted by Gasteiger charge is -2.34. The molecule has 2 heterocycles. The highest BCUT2D eigenvalue weighted by molar-refractivity contribution is 5.75. The molecule has 2 fully saturated rings. The number of nitrogens with two attached hydrogens (primary N) is 1. The smallest absolute Gasteiger partial charge is 0.231 e. The molecule has 86 valence electrons. The van der Waals surface area contributed by atoms with Crippen LogP contribution < -0.4 is 11.1 Å². The molecular formula is C11H21N3O. The molecule has 1 unspecified atom stereocenters. The van der Waals surface area contributed by atoms with E-state index in [1.54, 1.807) is 0 Å². The van der Waals surface area contributed by atoms with Gasteiger partial charge in [0.05, 0.1) is 6.54 Å². The van der Waals surface area contributed by atoms with Crippen molar-refractivity contribution in [3.05, 3.63) is 0 Å². The number of primary amides is 1. The average molecular weight is 211 g/mol. The lowest BCUT2D eigenvalue weighted by molar-refractivity contribution is -0.119. The number of nitrogens with one attached hydrogen (secondary N) is 1. The third-order valence-electron chi connectivity index (χ3n) is 3.68. The molecule has 0 aromatic rings. The number of carbonyl (C=O) groups excluding carboxylic acids is 1. The average Bonchev–Trinajstić information content (AvgIpc) is 2.71. The van der Waals surface area contributed by atoms with Crippen molar-refractivity contribution in [3.63, 3.8) is 0 Å². The molecule has 4 nitrogen and oxygen atoms in total. The van der Waals surface area contributed by atoms with Gasteiger partial charge in [-0.05, 0) is 51.2 Å². The molecule has 1 amide bonds. The fraction of sp³-hybridized carbons (Fsp3) is 0.909. The number of amides is 1. The molecule has 0 radical (unpaired) electrons. The topological polar surface area (TPSA) is 58.4 Å². The first-order chi connectivity index (χ1) is 7.25. The van der Waals surface area contributed by atoms with Crippen LogP contribution in [-0.4, -0.2) is 43.0 Å². The molecule has 0 aliphatic carbocycles. The van der Waals surface area contributed by atoms with Gasteiger partial charge in [-0.15, -0.1) is 0 Å². The largest absolute Gasteiger partial charge is 0.369 e. The van der Waals surface area contributed by atoms with Crippen molar-refractivity contribution in [3.8, 4) is 0 Å². The Kier molecular flexibility index (Phi) is 3.59. The fourth-order valence-electron chi connectivity index (χ4n) is 2.85. The summed E-state index contributed by atoms with van der Waals surface area (Å²) in [6.45, 7) is 3.69. The summed E-state index contributed by atoms with van der Waals surface area (Å²) in [6.07, 6.45) is 5.09. The number of hydrogen-bond acceptors (Lipinski definition) is 3. The van der Waals surface area contributed by atoms with Crippen molar-refractivity contribution in [1.29, 1.82) is 0 Å². The number of rotatable bonds is 3. The molecule has 4 heteroatoms. The second kappa shape index (κ2) is 4.94. The Labute approximate surface area is 91.2 Å². The number of hydrogen-bond donors (Lipinski definition) is 2. The Balaban J connectivity index is 1.73. The van der Waals surface area contributed by atoms with E-state index in [2.05, 4.69) is 10.2 Å². The van der Waals surface area contributed by atoms with Gasteiger partial charge in [0, 0.05) is 6.04 Å². The summed E-state index contributed by atoms with van der Waals surface area (Å²) in [6, 6.07) is 0.737. The lowest BCUT2D eigenvalue weighted by Crippen LogP contribution is -2.43. The zero-order chi connectivity index (χ0) is 10.7. The Morgan fingerprint density at radius 3 is 2.60 bits per heavy atom. The van der Waals surface area contributed by atoms with Gasteiger partial charge in [0.25, 0.3) is 0 Å². The molecule has 0 aromatic carbocycles. The van der Waals surface area contributed by atoms with Crippen molar-refractivity contribution >= 4 is 5.91 Å². The molecule has 3 N–H and O–H groups in total. The first-order valence-corrected chi connectivity index (χ1v) is 6.00. The van der Waals surface area contributed by atoms with Crippen molar-refractivity contribution in [2.45, 2.75) is 31.7 Å². The predicted octanol–water partition coefficient (Wildman–Crippen LogP) is -0.0643. The van der Waals surface area contributed by atoms with E-state index in [0.29, 0.717) is 6.54 Å². The minimum Gasteiger partial charge on any atom is -0.369 e. The van der Waals surface area contributed by atoms with E-state index in [-0.39, 0.29) is 5.91 Å². The summed E-state index contributed by atoms with van der Waals surface area (Å²) in [4.78, 5) is 12.9. The minimum absolute atomic E-state index is 0.201. The second-order valence-corrected chi connectivity index (χ2v) is 4.78. The predicted molar refractivity (Wildman–Crippen MR) is 59.4 cm³/mol. The van der Waals surface area contributed by atoms with Crippen molar-refractivity contribution in [1.82, 2.24) is 10.2 Å². The van der Waals surface area contributed by atoms with Crippen LogP contribution in [0.4, 0.5) is 0 Å². The lowest BCUT2D eigenvalue weighted by atomic mass is 9.88. The van der Waals surface area contributed by atoms with Gasteiger partial charge in [-0.1, -0.05) is 0 Å². The van der Waals surface area contributed by atoms with Gasteiger partial charge in [0.2, 0.25) is 5.91 Å². The first-order valence-electron chi connectivity index (χ1n) is 6.00. The van der Waals surface area contributed by atoms with Gasteiger partial charge in [0.15, 0.2) is 0 Å². The van der Waals surface area contributed by atoms with Crippen LogP contribution in [0.3, 0.4) is 0 Å². The Hall–Kier alpha value is -0.610. The van der Waals surface area contributed by atoms with E-state index < -0.39 is 0 Å². The van der Waals surface area contributed by atoms with Crippen molar-refractivity contribution in [2.24, 2.45) is 11.7 Å². The molecule has 0 aromatic heterocycles. The molecule has 2 rings (SSSR count). The van der Waals surface area contributed by atoms with Crippen LogP contribution in [0.15, 0.2) is 0 Å². The van der Waals surface area contributed by atoms with E-state index in [1.165, 1.54) is 32.2 Å². The molecule has 2 saturated heterocycles. The third-order valence-corrected chi connectivity index (χ3v) is 3.68. The Morgan fingerprint density at radius 1 is 1.33 bits per heavy atom. The van der Waals surface area contributed by atoms with Crippen molar-refractivity contribution in [2.75, 3.05) is 26.2 Å². The molecule has 2 aliphatic heterocycles. The summed E-state index contributed by atoms with van der Waals surface area (Å²) >= 11 is 0. The minimum atomic E-state index is -0.201. The number of nitrogens with zero attached hydrogens (tertiary/aromatic N) is 1. The maximum Gasteiger partial charge on any atom is 0.231 e. The van der Waals surface area contributed by atoms with E-state index in [9.17, 15) is 4.79 Å². The molecule has 0 saturated carbocycles. The van der Waals surface area contributed by atoms with E-state index >= 15 is 0 Å². The van der Waals surface area contributed by atoms with Crippen LogP contribution in [0.5, 0.6) is 0 Å². The molecular weight excluding hydrogens is 190 g/mol. The number of likely N-dealkylation sites (tertiary alicyclic amines) is 1. The number of carbonyl (C=O) groups is 1. The fourth-order valence-corrected chi connectivity index (χ4v) is 2.85. The standard InChI is InChI=1S/C11H21N3O/c12-11(15)8-14-6-3-9(4-7-14)10-2-1-5-13-10/h9-10,13H,1-8H2,(H2,12,15). The van der Waals surface area contributed by atoms with E-state index in [0.717, 1.165) is 25.0 Å². The molecule has 15 heavy (non-hydrogen) atoms. The monoisotopic (exact) mass is 211 g/mol. The maximum atomic E-state index is 10.8. The highest BCUT2D eigenvalue weighted by atomic mass is 16.1. The van der Waals surface area contributed by atoms with Gasteiger partial charge in [-0.25, -0.2) is 0 Å². The van der Waals surface area contributed by atoms with Crippen LogP contribution >= 0.6 is 0 Å². The zero-order valence-electron chi connectivity index (χ0n) is 9.24. The number of piperidine rings is 1. The van der Waals surface area contributed by atoms with E-state index in [1.807, 2.05) is 0 Å². The van der Waals surface area contributed by atoms with E-state index in [4.69, 9.17) is 5.73 Å². The van der Waals surface area contributed by atoms with Crippen LogP contribution in [0.25, 0.3) is 0 Å². The maximum absolute atomic E-state index is 10.8. The van der Waals surface area contributed by atoms with Gasteiger partial charge in [-0.3, -0.25) is 9.69 Å². The SMILES string of the molecule is NC(=O)CN1CCC(C2CCCN2)CC1. The summed E-state index contributed by atoms with van der Waals surface area (Å²) in [5.41, 5.74) is 5.19. The summed E-state index contributed by atoms with van der Waals surface area (Å²) in [5, 5.41) is 3.57. The molecule has 0 bridgehead atoms. The highest BCUT2D eigenvalue weighted by Crippen LogP contribution is 2.25. The molecule has 2 aliphatic rings. The summed E-state index contributed by atoms with van der Waals surface area (Å²) in [7, 11) is 0. The zero-order valence-corrected chi connectivity index (χ0v) is 9.24. The van der Waals surface area contributed by atoms with Gasteiger partial charge in [0.1, 0.15) is 0 Å². The first kappa shape index (κ1) is 10.9. The second-order valence-electron chi connectivity index (χ2n) is 4.78. The highest BCUT2D eigenvalue weighted by Gasteiger charge is 2.28. The molecule has 1 atom stereocenters. The summed E-state index contributed by atoms with van der Waals surface area (Å²) in [5.74, 6) is 0.615. The Bertz CT molecular complexity index is 218. The van der Waals surface area contributed by atoms with Crippen LogP contribution in [0.1, 0.15) is 25.7 Å². The quantitative estimate of drug-likeness (QED) is 0.687.